The highest BCUT2D eigenvalue weighted by Gasteiger charge is 2.34. The third-order valence-corrected chi connectivity index (χ3v) is 4.81. The molecule has 0 unspecified atom stereocenters. The minimum atomic E-state index is 0.0351. The molecule has 0 radical (unpaired) electrons. The maximum Gasteiger partial charge on any atom is 0.245 e. The molecule has 1 atom stereocenters. The average molecular weight is 294 g/mol. The zero-order valence-corrected chi connectivity index (χ0v) is 13.2. The van der Waals surface area contributed by atoms with E-state index >= 15 is 0 Å². The fourth-order valence-corrected chi connectivity index (χ4v) is 3.32. The van der Waals surface area contributed by atoms with Gasteiger partial charge in [-0.1, -0.05) is 32.2 Å². The SMILES string of the molecule is C=CC(=O)N1CC([C@@H](C)c2ccc(C(=C)C)c3[nH]ccc23)C1. The summed E-state index contributed by atoms with van der Waals surface area (Å²) >= 11 is 0. The van der Waals surface area contributed by atoms with Gasteiger partial charge >= 0.3 is 0 Å². The Morgan fingerprint density at radius 2 is 2.14 bits per heavy atom. The van der Waals surface area contributed by atoms with Crippen molar-refractivity contribution in [2.24, 2.45) is 5.92 Å². The molecule has 2 heterocycles. The number of hydrogen-bond acceptors (Lipinski definition) is 1. The van der Waals surface area contributed by atoms with E-state index in [0.29, 0.717) is 11.8 Å². The molecule has 0 bridgehead atoms. The van der Waals surface area contributed by atoms with Crippen molar-refractivity contribution in [1.82, 2.24) is 9.88 Å². The van der Waals surface area contributed by atoms with E-state index in [1.807, 2.05) is 18.0 Å². The van der Waals surface area contributed by atoms with Gasteiger partial charge in [0.25, 0.3) is 0 Å². The van der Waals surface area contributed by atoms with Crippen LogP contribution >= 0.6 is 0 Å². The Morgan fingerprint density at radius 1 is 1.41 bits per heavy atom. The molecule has 1 aromatic carbocycles. The van der Waals surface area contributed by atoms with Gasteiger partial charge in [0.15, 0.2) is 0 Å². The summed E-state index contributed by atoms with van der Waals surface area (Å²) in [7, 11) is 0. The van der Waals surface area contributed by atoms with E-state index < -0.39 is 0 Å². The normalized spacial score (nSPS) is 16.4. The predicted octanol–water partition coefficient (Wildman–Crippen LogP) is 3.95. The van der Waals surface area contributed by atoms with Crippen LogP contribution in [0.5, 0.6) is 0 Å². The molecule has 1 aliphatic rings. The summed E-state index contributed by atoms with van der Waals surface area (Å²) in [5.41, 5.74) is 4.75. The first kappa shape index (κ1) is 14.6. The lowest BCUT2D eigenvalue weighted by molar-refractivity contribution is -0.132. The second kappa shape index (κ2) is 5.48. The summed E-state index contributed by atoms with van der Waals surface area (Å²) in [6.45, 7) is 13.5. The number of likely N-dealkylation sites (tertiary alicyclic amines) is 1. The van der Waals surface area contributed by atoms with Crippen molar-refractivity contribution in [3.8, 4) is 0 Å². The molecule has 1 aliphatic heterocycles. The van der Waals surface area contributed by atoms with E-state index in [1.54, 1.807) is 0 Å². The molecule has 0 spiro atoms. The Bertz CT molecular complexity index is 750. The zero-order valence-electron chi connectivity index (χ0n) is 13.2. The molecule has 3 heteroatoms. The Morgan fingerprint density at radius 3 is 2.77 bits per heavy atom. The largest absolute Gasteiger partial charge is 0.361 e. The highest BCUT2D eigenvalue weighted by Crippen LogP contribution is 2.37. The van der Waals surface area contributed by atoms with Crippen LogP contribution in [0, 0.1) is 5.92 Å². The highest BCUT2D eigenvalue weighted by atomic mass is 16.2. The molecule has 0 saturated carbocycles. The number of nitrogens with zero attached hydrogens (tertiary/aromatic N) is 1. The summed E-state index contributed by atoms with van der Waals surface area (Å²) in [5, 5.41) is 1.27. The van der Waals surface area contributed by atoms with Crippen LogP contribution in [0.15, 0.2) is 43.6 Å². The van der Waals surface area contributed by atoms with Crippen LogP contribution < -0.4 is 0 Å². The lowest BCUT2D eigenvalue weighted by Gasteiger charge is -2.42. The summed E-state index contributed by atoms with van der Waals surface area (Å²) in [6, 6.07) is 6.50. The van der Waals surface area contributed by atoms with Gasteiger partial charge in [-0.15, -0.1) is 0 Å². The number of amides is 1. The molecular formula is C19H22N2O. The molecule has 3 nitrogen and oxygen atoms in total. The van der Waals surface area contributed by atoms with Gasteiger partial charge in [-0.2, -0.15) is 0 Å². The minimum absolute atomic E-state index is 0.0351. The number of fused-ring (bicyclic) bond motifs is 1. The van der Waals surface area contributed by atoms with Crippen molar-refractivity contribution in [3.63, 3.8) is 0 Å². The molecule has 1 saturated heterocycles. The second-order valence-electron chi connectivity index (χ2n) is 6.25. The summed E-state index contributed by atoms with van der Waals surface area (Å²) < 4.78 is 0. The maximum absolute atomic E-state index is 11.6. The van der Waals surface area contributed by atoms with Crippen LogP contribution in [-0.2, 0) is 4.79 Å². The van der Waals surface area contributed by atoms with Gasteiger partial charge in [-0.25, -0.2) is 0 Å². The first-order chi connectivity index (χ1) is 10.5. The maximum atomic E-state index is 11.6. The summed E-state index contributed by atoms with van der Waals surface area (Å²) in [6.07, 6.45) is 3.38. The number of nitrogens with one attached hydrogen (secondary N) is 1. The minimum Gasteiger partial charge on any atom is -0.361 e. The van der Waals surface area contributed by atoms with E-state index in [9.17, 15) is 4.79 Å². The fraction of sp³-hybridized carbons (Fsp3) is 0.316. The van der Waals surface area contributed by atoms with Crippen molar-refractivity contribution in [2.45, 2.75) is 19.8 Å². The number of benzene rings is 1. The van der Waals surface area contributed by atoms with E-state index in [4.69, 9.17) is 0 Å². The number of aromatic amines is 1. The van der Waals surface area contributed by atoms with Crippen LogP contribution in [0.25, 0.3) is 16.5 Å². The monoisotopic (exact) mass is 294 g/mol. The highest BCUT2D eigenvalue weighted by molar-refractivity contribution is 5.93. The third kappa shape index (κ3) is 2.27. The van der Waals surface area contributed by atoms with Crippen molar-refractivity contribution in [3.05, 3.63) is 54.8 Å². The lowest BCUT2D eigenvalue weighted by atomic mass is 9.80. The van der Waals surface area contributed by atoms with Crippen molar-refractivity contribution in [1.29, 1.82) is 0 Å². The van der Waals surface area contributed by atoms with Gasteiger partial charge in [-0.05, 0) is 36.1 Å². The molecule has 3 rings (SSSR count). The van der Waals surface area contributed by atoms with Crippen LogP contribution in [0.3, 0.4) is 0 Å². The molecule has 1 amide bonds. The van der Waals surface area contributed by atoms with Crippen molar-refractivity contribution < 1.29 is 4.79 Å². The second-order valence-corrected chi connectivity index (χ2v) is 6.25. The van der Waals surface area contributed by atoms with E-state index in [0.717, 1.165) is 24.2 Å². The first-order valence-corrected chi connectivity index (χ1v) is 7.70. The number of carbonyl (C=O) groups is 1. The van der Waals surface area contributed by atoms with Crippen LogP contribution in [0.4, 0.5) is 0 Å². The number of carbonyl (C=O) groups excluding carboxylic acids is 1. The standard InChI is InChI=1S/C19H22N2O/c1-5-18(22)21-10-14(11-21)13(4)16-7-6-15(12(2)3)19-17(16)8-9-20-19/h5-9,13-14,20H,1-2,10-11H2,3-4H3/t13-/m1/s1. The number of rotatable bonds is 4. The van der Waals surface area contributed by atoms with Crippen LogP contribution in [0.2, 0.25) is 0 Å². The smallest absolute Gasteiger partial charge is 0.245 e. The van der Waals surface area contributed by atoms with Crippen molar-refractivity contribution >= 4 is 22.4 Å². The molecule has 114 valence electrons. The Balaban J connectivity index is 1.87. The summed E-state index contributed by atoms with van der Waals surface area (Å²) in [4.78, 5) is 16.8. The van der Waals surface area contributed by atoms with E-state index in [-0.39, 0.29) is 5.91 Å². The zero-order chi connectivity index (χ0) is 15.9. The molecule has 0 aliphatic carbocycles. The molecule has 22 heavy (non-hydrogen) atoms. The predicted molar refractivity (Wildman–Crippen MR) is 91.7 cm³/mol. The molecule has 2 aromatic rings. The van der Waals surface area contributed by atoms with Gasteiger partial charge in [0.2, 0.25) is 5.91 Å². The van der Waals surface area contributed by atoms with Crippen LogP contribution in [0.1, 0.15) is 30.9 Å². The molecule has 1 N–H and O–H groups in total. The number of H-pyrrole nitrogens is 1. The van der Waals surface area contributed by atoms with Gasteiger partial charge in [0.05, 0.1) is 5.52 Å². The van der Waals surface area contributed by atoms with E-state index in [2.05, 4.69) is 43.3 Å². The molecule has 1 fully saturated rings. The quantitative estimate of drug-likeness (QED) is 0.852. The fourth-order valence-electron chi connectivity index (χ4n) is 3.32. The average Bonchev–Trinajstić information content (AvgIpc) is 2.93. The Hall–Kier alpha value is -2.29. The van der Waals surface area contributed by atoms with Crippen LogP contribution in [-0.4, -0.2) is 28.9 Å². The number of hydrogen-bond donors (Lipinski definition) is 1. The van der Waals surface area contributed by atoms with E-state index in [1.165, 1.54) is 22.6 Å². The first-order valence-electron chi connectivity index (χ1n) is 7.70. The molecule has 1 aromatic heterocycles. The molecular weight excluding hydrogens is 272 g/mol. The van der Waals surface area contributed by atoms with Gasteiger partial charge < -0.3 is 9.88 Å². The van der Waals surface area contributed by atoms with Gasteiger partial charge in [0, 0.05) is 36.2 Å². The van der Waals surface area contributed by atoms with Crippen molar-refractivity contribution in [2.75, 3.05) is 13.1 Å². The number of allylic oxidation sites excluding steroid dienone is 1. The lowest BCUT2D eigenvalue weighted by Crippen LogP contribution is -2.51. The third-order valence-electron chi connectivity index (χ3n) is 4.81. The Kier molecular flexibility index (Phi) is 3.65. The Labute approximate surface area is 131 Å². The number of aromatic nitrogens is 1. The van der Waals surface area contributed by atoms with Gasteiger partial charge in [-0.3, -0.25) is 4.79 Å². The summed E-state index contributed by atoms with van der Waals surface area (Å²) in [5.74, 6) is 0.969. The van der Waals surface area contributed by atoms with Gasteiger partial charge in [0.1, 0.15) is 0 Å². The topological polar surface area (TPSA) is 36.1 Å².